The lowest BCUT2D eigenvalue weighted by molar-refractivity contribution is -0.116. The molecule has 4 rings (SSSR count). The predicted octanol–water partition coefficient (Wildman–Crippen LogP) is 3.93. The minimum absolute atomic E-state index is 0.0468. The zero-order valence-electron chi connectivity index (χ0n) is 14.9. The Balaban J connectivity index is 1.74. The highest BCUT2D eigenvalue weighted by Crippen LogP contribution is 2.42. The number of amides is 2. The molecule has 3 aromatic rings. The van der Waals surface area contributed by atoms with Crippen molar-refractivity contribution in [1.29, 1.82) is 0 Å². The van der Waals surface area contributed by atoms with E-state index in [2.05, 4.69) is 15.7 Å². The van der Waals surface area contributed by atoms with Gasteiger partial charge in [-0.1, -0.05) is 18.2 Å². The second-order valence-corrected chi connectivity index (χ2v) is 8.04. The van der Waals surface area contributed by atoms with Crippen LogP contribution in [-0.4, -0.2) is 27.9 Å². The summed E-state index contributed by atoms with van der Waals surface area (Å²) < 4.78 is 1.61. The number of aryl methyl sites for hydroxylation is 1. The molecule has 0 saturated carbocycles. The molecule has 2 amide bonds. The third kappa shape index (κ3) is 3.26. The molecule has 1 aromatic carbocycles. The number of fused-ring (bicyclic) bond motifs is 1. The minimum atomic E-state index is -0.206. The average molecular weight is 399 g/mol. The summed E-state index contributed by atoms with van der Waals surface area (Å²) in [5, 5.41) is 12.3. The van der Waals surface area contributed by atoms with E-state index in [1.807, 2.05) is 42.0 Å². The van der Waals surface area contributed by atoms with Crippen LogP contribution in [0, 0.1) is 0 Å². The Morgan fingerprint density at radius 1 is 1.33 bits per heavy atom. The lowest BCUT2D eigenvalue weighted by Crippen LogP contribution is -2.24. The molecule has 0 saturated heterocycles. The summed E-state index contributed by atoms with van der Waals surface area (Å²) in [6, 6.07) is 11.5. The maximum atomic E-state index is 12.9. The molecule has 2 N–H and O–H groups in total. The maximum Gasteiger partial charge on any atom is 0.258 e. The van der Waals surface area contributed by atoms with Gasteiger partial charge in [-0.15, -0.1) is 23.1 Å². The van der Waals surface area contributed by atoms with E-state index < -0.39 is 0 Å². The average Bonchev–Trinajstić information content (AvgIpc) is 3.30. The van der Waals surface area contributed by atoms with Crippen molar-refractivity contribution in [3.8, 4) is 0 Å². The van der Waals surface area contributed by atoms with E-state index in [1.54, 1.807) is 29.1 Å². The van der Waals surface area contributed by atoms with Gasteiger partial charge in [0, 0.05) is 34.7 Å². The van der Waals surface area contributed by atoms with Crippen LogP contribution in [0.25, 0.3) is 0 Å². The van der Waals surface area contributed by atoms with Gasteiger partial charge in [0.05, 0.1) is 5.56 Å². The number of carbonyl (C=O) groups excluding carboxylic acids is 2. The molecular formula is C19H18N4O2S2. The summed E-state index contributed by atoms with van der Waals surface area (Å²) in [5.74, 6) is 0.760. The number of thioether (sulfide) groups is 1. The molecular weight excluding hydrogens is 380 g/mol. The van der Waals surface area contributed by atoms with Crippen LogP contribution in [0.1, 0.15) is 33.1 Å². The summed E-state index contributed by atoms with van der Waals surface area (Å²) in [4.78, 5) is 27.1. The van der Waals surface area contributed by atoms with Crippen molar-refractivity contribution in [1.82, 2.24) is 9.78 Å². The van der Waals surface area contributed by atoms with Gasteiger partial charge in [-0.3, -0.25) is 14.3 Å². The van der Waals surface area contributed by atoms with Gasteiger partial charge in [0.2, 0.25) is 5.91 Å². The fraction of sp³-hybridized carbons (Fsp3) is 0.211. The van der Waals surface area contributed by atoms with Crippen molar-refractivity contribution in [2.24, 2.45) is 7.05 Å². The summed E-state index contributed by atoms with van der Waals surface area (Å²) in [6.45, 7) is 0. The molecule has 0 bridgehead atoms. The molecule has 0 aliphatic carbocycles. The second-order valence-electron chi connectivity index (χ2n) is 6.21. The summed E-state index contributed by atoms with van der Waals surface area (Å²) in [6.07, 6.45) is 2.28. The van der Waals surface area contributed by atoms with Gasteiger partial charge >= 0.3 is 0 Å². The van der Waals surface area contributed by atoms with Crippen LogP contribution in [0.3, 0.4) is 0 Å². The molecule has 0 unspecified atom stereocenters. The van der Waals surface area contributed by atoms with E-state index >= 15 is 0 Å². The first kappa shape index (κ1) is 17.8. The molecule has 3 heterocycles. The summed E-state index contributed by atoms with van der Waals surface area (Å²) in [5.41, 5.74) is 1.46. The lowest BCUT2D eigenvalue weighted by atomic mass is 9.92. The molecule has 0 fully saturated rings. The van der Waals surface area contributed by atoms with Crippen LogP contribution in [-0.2, 0) is 11.8 Å². The monoisotopic (exact) mass is 398 g/mol. The minimum Gasteiger partial charge on any atom is -0.311 e. The number of nitrogens with zero attached hydrogens (tertiary/aromatic N) is 2. The number of rotatable bonds is 4. The molecule has 27 heavy (non-hydrogen) atoms. The van der Waals surface area contributed by atoms with E-state index in [-0.39, 0.29) is 17.7 Å². The molecule has 1 atom stereocenters. The number of thiophene rings is 1. The van der Waals surface area contributed by atoms with Crippen LogP contribution < -0.4 is 10.6 Å². The largest absolute Gasteiger partial charge is 0.311 e. The van der Waals surface area contributed by atoms with E-state index in [0.29, 0.717) is 23.6 Å². The molecule has 1 aliphatic heterocycles. The fourth-order valence-corrected chi connectivity index (χ4v) is 4.75. The Bertz CT molecular complexity index is 1010. The van der Waals surface area contributed by atoms with E-state index in [4.69, 9.17) is 0 Å². The van der Waals surface area contributed by atoms with Crippen LogP contribution in [0.5, 0.6) is 0 Å². The van der Waals surface area contributed by atoms with Crippen molar-refractivity contribution in [3.05, 3.63) is 57.8 Å². The molecule has 2 aromatic heterocycles. The van der Waals surface area contributed by atoms with Gasteiger partial charge in [0.15, 0.2) is 5.82 Å². The van der Waals surface area contributed by atoms with Crippen LogP contribution in [0.15, 0.2) is 46.7 Å². The number of carbonyl (C=O) groups is 2. The maximum absolute atomic E-state index is 12.9. The van der Waals surface area contributed by atoms with Crippen LogP contribution in [0.2, 0.25) is 0 Å². The molecule has 8 heteroatoms. The highest BCUT2D eigenvalue weighted by Gasteiger charge is 2.34. The quantitative estimate of drug-likeness (QED) is 0.653. The predicted molar refractivity (Wildman–Crippen MR) is 109 cm³/mol. The summed E-state index contributed by atoms with van der Waals surface area (Å²) >= 11 is 3.13. The van der Waals surface area contributed by atoms with Gasteiger partial charge in [-0.2, -0.15) is 5.10 Å². The van der Waals surface area contributed by atoms with Crippen LogP contribution in [0.4, 0.5) is 11.6 Å². The van der Waals surface area contributed by atoms with Gasteiger partial charge in [-0.05, 0) is 29.8 Å². The van der Waals surface area contributed by atoms with E-state index in [9.17, 15) is 9.59 Å². The molecule has 138 valence electrons. The van der Waals surface area contributed by atoms with Crippen molar-refractivity contribution < 1.29 is 9.59 Å². The van der Waals surface area contributed by atoms with Crippen molar-refractivity contribution in [2.45, 2.75) is 17.2 Å². The van der Waals surface area contributed by atoms with Crippen molar-refractivity contribution in [2.75, 3.05) is 16.9 Å². The Kier molecular flexibility index (Phi) is 4.75. The highest BCUT2D eigenvalue weighted by atomic mass is 32.2. The van der Waals surface area contributed by atoms with Crippen molar-refractivity contribution >= 4 is 46.5 Å². The second kappa shape index (κ2) is 7.21. The van der Waals surface area contributed by atoms with E-state index in [0.717, 1.165) is 15.3 Å². The normalized spacial score (nSPS) is 15.9. The Morgan fingerprint density at radius 2 is 2.15 bits per heavy atom. The zero-order chi connectivity index (χ0) is 19.0. The standard InChI is InChI=1S/C19H18N4O2S2/c1-23-18-16(12(10-15(24)20-18)14-8-5-9-27-14)17(22-23)21-19(25)11-6-3-4-7-13(11)26-2/h3-9,12H,10H2,1-2H3,(H,20,24)(H,21,22,25)/t12-/m1/s1. The zero-order valence-corrected chi connectivity index (χ0v) is 16.5. The van der Waals surface area contributed by atoms with Gasteiger partial charge < -0.3 is 10.6 Å². The number of benzene rings is 1. The number of aromatic nitrogens is 2. The smallest absolute Gasteiger partial charge is 0.258 e. The Morgan fingerprint density at radius 3 is 2.89 bits per heavy atom. The highest BCUT2D eigenvalue weighted by molar-refractivity contribution is 7.98. The molecule has 0 spiro atoms. The van der Waals surface area contributed by atoms with E-state index in [1.165, 1.54) is 11.8 Å². The van der Waals surface area contributed by atoms with Crippen LogP contribution >= 0.6 is 23.1 Å². The number of anilines is 2. The number of hydrogen-bond acceptors (Lipinski definition) is 5. The number of nitrogens with one attached hydrogen (secondary N) is 2. The topological polar surface area (TPSA) is 76.0 Å². The fourth-order valence-electron chi connectivity index (χ4n) is 3.32. The van der Waals surface area contributed by atoms with Gasteiger partial charge in [-0.25, -0.2) is 0 Å². The van der Waals surface area contributed by atoms with Gasteiger partial charge in [0.25, 0.3) is 5.91 Å². The molecule has 1 aliphatic rings. The first-order valence-electron chi connectivity index (χ1n) is 8.43. The third-order valence-electron chi connectivity index (χ3n) is 4.55. The van der Waals surface area contributed by atoms with Crippen molar-refractivity contribution in [3.63, 3.8) is 0 Å². The first-order chi connectivity index (χ1) is 13.1. The SMILES string of the molecule is CSc1ccccc1C(=O)Nc1nn(C)c2c1[C@@H](c1cccs1)CC(=O)N2. The third-order valence-corrected chi connectivity index (χ3v) is 6.33. The van der Waals surface area contributed by atoms with Gasteiger partial charge in [0.1, 0.15) is 5.82 Å². The number of hydrogen-bond donors (Lipinski definition) is 2. The molecule has 6 nitrogen and oxygen atoms in total. The Labute approximate surface area is 165 Å². The summed E-state index contributed by atoms with van der Waals surface area (Å²) in [7, 11) is 1.77. The molecule has 0 radical (unpaired) electrons. The lowest BCUT2D eigenvalue weighted by Gasteiger charge is -2.23. The first-order valence-corrected chi connectivity index (χ1v) is 10.5. The Hall–Kier alpha value is -2.58.